The van der Waals surface area contributed by atoms with Gasteiger partial charge >= 0.3 is 0 Å². The lowest BCUT2D eigenvalue weighted by Crippen LogP contribution is -2.39. The number of aryl methyl sites for hydroxylation is 1. The SMILES string of the molecule is COc1cccc(N(CC(=O)N/N=C\c2c(Cl)nn(-c3ccccc3)c2C)S(=O)(=O)c2ccc(C)cc2)c1. The van der Waals surface area contributed by atoms with E-state index in [1.165, 1.54) is 25.5 Å². The molecule has 0 spiro atoms. The first-order valence-electron chi connectivity index (χ1n) is 11.6. The van der Waals surface area contributed by atoms with E-state index in [1.807, 2.05) is 44.2 Å². The number of para-hydroxylation sites is 1. The van der Waals surface area contributed by atoms with Crippen molar-refractivity contribution in [3.8, 4) is 11.4 Å². The van der Waals surface area contributed by atoms with Gasteiger partial charge in [0, 0.05) is 6.07 Å². The summed E-state index contributed by atoms with van der Waals surface area (Å²) in [5.41, 5.74) is 5.64. The number of aromatic nitrogens is 2. The molecule has 38 heavy (non-hydrogen) atoms. The normalized spacial score (nSPS) is 11.5. The highest BCUT2D eigenvalue weighted by Crippen LogP contribution is 2.27. The molecule has 9 nitrogen and oxygen atoms in total. The zero-order valence-electron chi connectivity index (χ0n) is 21.0. The average molecular weight is 552 g/mol. The fraction of sp³-hybridized carbons (Fsp3) is 0.148. The largest absolute Gasteiger partial charge is 0.497 e. The number of carbonyl (C=O) groups excluding carboxylic acids is 1. The molecule has 0 bridgehead atoms. The first-order valence-corrected chi connectivity index (χ1v) is 13.4. The molecule has 4 aromatic rings. The van der Waals surface area contributed by atoms with Crippen LogP contribution in [0.4, 0.5) is 5.69 Å². The number of hydrazone groups is 1. The molecule has 1 heterocycles. The summed E-state index contributed by atoms with van der Waals surface area (Å²) in [6.45, 7) is 3.17. The Labute approximate surface area is 226 Å². The van der Waals surface area contributed by atoms with E-state index < -0.39 is 22.5 Å². The van der Waals surface area contributed by atoms with Crippen LogP contribution in [0.5, 0.6) is 5.75 Å². The number of amides is 1. The van der Waals surface area contributed by atoms with Gasteiger partial charge in [-0.15, -0.1) is 0 Å². The minimum atomic E-state index is -4.08. The van der Waals surface area contributed by atoms with Gasteiger partial charge in [0.25, 0.3) is 15.9 Å². The molecule has 11 heteroatoms. The average Bonchev–Trinajstić information content (AvgIpc) is 3.21. The van der Waals surface area contributed by atoms with Crippen LogP contribution in [0, 0.1) is 13.8 Å². The van der Waals surface area contributed by atoms with Crippen LogP contribution in [-0.4, -0.2) is 44.0 Å². The Morgan fingerprint density at radius 3 is 2.47 bits per heavy atom. The fourth-order valence-corrected chi connectivity index (χ4v) is 5.37. The van der Waals surface area contributed by atoms with Crippen molar-refractivity contribution in [1.82, 2.24) is 15.2 Å². The van der Waals surface area contributed by atoms with E-state index in [2.05, 4.69) is 15.6 Å². The maximum Gasteiger partial charge on any atom is 0.264 e. The number of nitrogens with zero attached hydrogens (tertiary/aromatic N) is 4. The molecule has 0 atom stereocenters. The maximum absolute atomic E-state index is 13.5. The Morgan fingerprint density at radius 1 is 1.08 bits per heavy atom. The van der Waals surface area contributed by atoms with Crippen LogP contribution in [0.3, 0.4) is 0 Å². The molecule has 0 saturated carbocycles. The number of hydrogen-bond donors (Lipinski definition) is 1. The van der Waals surface area contributed by atoms with Crippen LogP contribution >= 0.6 is 11.6 Å². The fourth-order valence-electron chi connectivity index (χ4n) is 3.70. The second kappa shape index (κ2) is 11.5. The lowest BCUT2D eigenvalue weighted by Gasteiger charge is -2.24. The van der Waals surface area contributed by atoms with E-state index in [4.69, 9.17) is 16.3 Å². The molecular formula is C27H26ClN5O4S. The third kappa shape index (κ3) is 5.87. The Balaban J connectivity index is 1.57. The molecule has 0 fully saturated rings. The van der Waals surface area contributed by atoms with Crippen LogP contribution in [0.2, 0.25) is 5.15 Å². The number of rotatable bonds is 9. The van der Waals surface area contributed by atoms with Crippen LogP contribution in [0.1, 0.15) is 16.8 Å². The van der Waals surface area contributed by atoms with Crippen LogP contribution in [0.15, 0.2) is 88.9 Å². The van der Waals surface area contributed by atoms with E-state index in [0.717, 1.165) is 21.2 Å². The molecule has 0 radical (unpaired) electrons. The monoisotopic (exact) mass is 551 g/mol. The Hall–Kier alpha value is -4.15. The van der Waals surface area contributed by atoms with Gasteiger partial charge in [-0.2, -0.15) is 10.2 Å². The highest BCUT2D eigenvalue weighted by Gasteiger charge is 2.27. The Bertz CT molecular complexity index is 1570. The second-order valence-corrected chi connectivity index (χ2v) is 10.6. The van der Waals surface area contributed by atoms with Gasteiger partial charge in [0.05, 0.1) is 40.9 Å². The number of carbonyl (C=O) groups is 1. The van der Waals surface area contributed by atoms with E-state index in [-0.39, 0.29) is 15.7 Å². The van der Waals surface area contributed by atoms with Crippen LogP contribution in [0.25, 0.3) is 5.69 Å². The Kier molecular flexibility index (Phi) is 8.13. The van der Waals surface area contributed by atoms with Crippen molar-refractivity contribution in [2.75, 3.05) is 18.0 Å². The van der Waals surface area contributed by atoms with Crippen LogP contribution < -0.4 is 14.5 Å². The van der Waals surface area contributed by atoms with E-state index >= 15 is 0 Å². The molecule has 1 N–H and O–H groups in total. The molecule has 0 aliphatic carbocycles. The Morgan fingerprint density at radius 2 is 1.79 bits per heavy atom. The molecular weight excluding hydrogens is 526 g/mol. The minimum Gasteiger partial charge on any atom is -0.497 e. The predicted octanol–water partition coefficient (Wildman–Crippen LogP) is 4.50. The zero-order chi connectivity index (χ0) is 27.3. The van der Waals surface area contributed by atoms with Gasteiger partial charge in [0.15, 0.2) is 5.15 Å². The topological polar surface area (TPSA) is 106 Å². The smallest absolute Gasteiger partial charge is 0.264 e. The zero-order valence-corrected chi connectivity index (χ0v) is 22.6. The summed E-state index contributed by atoms with van der Waals surface area (Å²) in [7, 11) is -2.60. The van der Waals surface area contributed by atoms with Gasteiger partial charge in [0.2, 0.25) is 0 Å². The number of hydrogen-bond acceptors (Lipinski definition) is 6. The molecule has 196 valence electrons. The van der Waals surface area contributed by atoms with Gasteiger partial charge in [-0.1, -0.05) is 53.6 Å². The van der Waals surface area contributed by atoms with Gasteiger partial charge in [-0.3, -0.25) is 9.10 Å². The van der Waals surface area contributed by atoms with Crippen LogP contribution in [-0.2, 0) is 14.8 Å². The number of sulfonamides is 1. The number of anilines is 1. The lowest BCUT2D eigenvalue weighted by molar-refractivity contribution is -0.119. The molecule has 0 aliphatic rings. The summed E-state index contributed by atoms with van der Waals surface area (Å²) >= 11 is 6.31. The number of ether oxygens (including phenoxy) is 1. The van der Waals surface area contributed by atoms with Gasteiger partial charge in [0.1, 0.15) is 12.3 Å². The number of nitrogens with one attached hydrogen (secondary N) is 1. The summed E-state index contributed by atoms with van der Waals surface area (Å²) < 4.78 is 35.0. The van der Waals surface area contributed by atoms with Crippen molar-refractivity contribution in [1.29, 1.82) is 0 Å². The van der Waals surface area contributed by atoms with Crippen molar-refractivity contribution >= 4 is 39.4 Å². The molecule has 4 rings (SSSR count). The number of benzene rings is 3. The quantitative estimate of drug-likeness (QED) is 0.243. The van der Waals surface area contributed by atoms with Gasteiger partial charge < -0.3 is 4.74 Å². The summed E-state index contributed by atoms with van der Waals surface area (Å²) in [6, 6.07) is 22.3. The summed E-state index contributed by atoms with van der Waals surface area (Å²) in [6.07, 6.45) is 1.38. The third-order valence-corrected chi connectivity index (χ3v) is 7.81. The molecule has 3 aromatic carbocycles. The van der Waals surface area contributed by atoms with Crippen molar-refractivity contribution in [3.05, 3.63) is 101 Å². The van der Waals surface area contributed by atoms with Crippen molar-refractivity contribution in [2.24, 2.45) is 5.10 Å². The number of halogens is 1. The van der Waals surface area contributed by atoms with E-state index in [1.54, 1.807) is 41.1 Å². The van der Waals surface area contributed by atoms with Crippen molar-refractivity contribution < 1.29 is 17.9 Å². The molecule has 1 aromatic heterocycles. The summed E-state index contributed by atoms with van der Waals surface area (Å²) in [5.74, 6) is -0.199. The summed E-state index contributed by atoms with van der Waals surface area (Å²) in [4.78, 5) is 12.9. The van der Waals surface area contributed by atoms with Crippen molar-refractivity contribution in [3.63, 3.8) is 0 Å². The van der Waals surface area contributed by atoms with Crippen molar-refractivity contribution in [2.45, 2.75) is 18.7 Å². The van der Waals surface area contributed by atoms with Gasteiger partial charge in [-0.05, 0) is 50.2 Å². The second-order valence-electron chi connectivity index (χ2n) is 8.36. The highest BCUT2D eigenvalue weighted by atomic mass is 35.5. The lowest BCUT2D eigenvalue weighted by atomic mass is 10.2. The highest BCUT2D eigenvalue weighted by molar-refractivity contribution is 7.92. The molecule has 1 amide bonds. The maximum atomic E-state index is 13.5. The predicted molar refractivity (Wildman–Crippen MR) is 148 cm³/mol. The molecule has 0 unspecified atom stereocenters. The first kappa shape index (κ1) is 26.9. The third-order valence-electron chi connectivity index (χ3n) is 5.74. The van der Waals surface area contributed by atoms with Gasteiger partial charge in [-0.25, -0.2) is 18.5 Å². The van der Waals surface area contributed by atoms with E-state index in [0.29, 0.717) is 11.3 Å². The minimum absolute atomic E-state index is 0.0537. The first-order chi connectivity index (χ1) is 18.2. The molecule has 0 aliphatic heterocycles. The van der Waals surface area contributed by atoms with E-state index in [9.17, 15) is 13.2 Å². The molecule has 0 saturated heterocycles. The number of methoxy groups -OCH3 is 1. The standard InChI is InChI=1S/C27H26ClN5O4S/c1-19-12-14-24(15-13-19)38(35,36)32(22-10-7-11-23(16-22)37-3)18-26(34)30-29-17-25-20(2)33(31-27(25)28)21-8-5-4-6-9-21/h4-17H,18H2,1-3H3,(H,30,34)/b29-17-. The summed E-state index contributed by atoms with van der Waals surface area (Å²) in [5, 5.41) is 8.55.